The summed E-state index contributed by atoms with van der Waals surface area (Å²) in [5.74, 6) is 1.67. The zero-order chi connectivity index (χ0) is 18.5. The quantitative estimate of drug-likeness (QED) is 0.633. The molecule has 1 heterocycles. The van der Waals surface area contributed by atoms with E-state index in [1.54, 1.807) is 18.8 Å². The molecule has 7 heteroatoms. The minimum absolute atomic E-state index is 0.0866. The molecule has 0 bridgehead atoms. The van der Waals surface area contributed by atoms with E-state index >= 15 is 0 Å². The Balaban J connectivity index is 1.61. The summed E-state index contributed by atoms with van der Waals surface area (Å²) in [6.07, 6.45) is 0. The van der Waals surface area contributed by atoms with E-state index in [1.807, 2.05) is 54.6 Å². The molecule has 0 fully saturated rings. The van der Waals surface area contributed by atoms with Crippen LogP contribution < -0.4 is 10.1 Å². The summed E-state index contributed by atoms with van der Waals surface area (Å²) in [5.41, 5.74) is 1.72. The lowest BCUT2D eigenvalue weighted by atomic mass is 10.1. The third-order valence-electron chi connectivity index (χ3n) is 3.72. The van der Waals surface area contributed by atoms with E-state index in [0.717, 1.165) is 21.9 Å². The number of rotatable bonds is 6. The molecule has 2 aromatic carbocycles. The number of halogens is 1. The Morgan fingerprint density at radius 2 is 1.88 bits per heavy atom. The molecule has 1 amide bonds. The molecule has 134 valence electrons. The van der Waals surface area contributed by atoms with Gasteiger partial charge >= 0.3 is 0 Å². The van der Waals surface area contributed by atoms with Crippen LogP contribution in [0.2, 0.25) is 5.02 Å². The van der Waals surface area contributed by atoms with Crippen molar-refractivity contribution in [2.24, 2.45) is 7.05 Å². The summed E-state index contributed by atoms with van der Waals surface area (Å²) in [5, 5.41) is 8.01. The second-order valence-corrected chi connectivity index (χ2v) is 7.04. The number of nitrogens with zero attached hydrogens (tertiary/aromatic N) is 2. The van der Waals surface area contributed by atoms with Crippen molar-refractivity contribution < 1.29 is 9.53 Å². The third kappa shape index (κ3) is 4.59. The predicted molar refractivity (Wildman–Crippen MR) is 106 cm³/mol. The summed E-state index contributed by atoms with van der Waals surface area (Å²) in [4.78, 5) is 13.2. The number of amides is 1. The van der Waals surface area contributed by atoms with Crippen LogP contribution in [-0.4, -0.2) is 28.6 Å². The summed E-state index contributed by atoms with van der Waals surface area (Å²) in [7, 11) is 3.42. The summed E-state index contributed by atoms with van der Waals surface area (Å²) in [6.45, 7) is 0. The van der Waals surface area contributed by atoms with Gasteiger partial charge in [-0.3, -0.25) is 9.48 Å². The van der Waals surface area contributed by atoms with Crippen molar-refractivity contribution in [2.75, 3.05) is 18.2 Å². The molecular weight excluding hydrogens is 370 g/mol. The second kappa shape index (κ2) is 8.29. The minimum Gasteiger partial charge on any atom is -0.497 e. The van der Waals surface area contributed by atoms with Crippen molar-refractivity contribution in [2.45, 2.75) is 4.90 Å². The van der Waals surface area contributed by atoms with E-state index < -0.39 is 0 Å². The standard InChI is InChI=1S/C19H18ClN3O2S/c1-23-18(11-17(22-23)13-3-5-14(20)6-4-13)21-19(24)12-26-16-9-7-15(25-2)8-10-16/h3-11H,12H2,1-2H3,(H,21,24). The molecule has 0 saturated carbocycles. The van der Waals surface area contributed by atoms with Crippen molar-refractivity contribution in [3.05, 3.63) is 59.6 Å². The highest BCUT2D eigenvalue weighted by atomic mass is 35.5. The maximum Gasteiger partial charge on any atom is 0.235 e. The molecule has 0 spiro atoms. The molecule has 3 rings (SSSR count). The maximum absolute atomic E-state index is 12.2. The fourth-order valence-corrected chi connectivity index (χ4v) is 3.17. The number of anilines is 1. The molecule has 3 aromatic rings. The van der Waals surface area contributed by atoms with Gasteiger partial charge < -0.3 is 10.1 Å². The lowest BCUT2D eigenvalue weighted by Gasteiger charge is -2.05. The van der Waals surface area contributed by atoms with Gasteiger partial charge in [0.2, 0.25) is 5.91 Å². The van der Waals surface area contributed by atoms with Crippen molar-refractivity contribution in [3.63, 3.8) is 0 Å². The number of carbonyl (C=O) groups is 1. The number of methoxy groups -OCH3 is 1. The van der Waals surface area contributed by atoms with Gasteiger partial charge in [-0.2, -0.15) is 5.10 Å². The highest BCUT2D eigenvalue weighted by molar-refractivity contribution is 8.00. The fourth-order valence-electron chi connectivity index (χ4n) is 2.35. The average Bonchev–Trinajstić information content (AvgIpc) is 3.01. The Labute approximate surface area is 161 Å². The Kier molecular flexibility index (Phi) is 5.85. The molecule has 5 nitrogen and oxygen atoms in total. The maximum atomic E-state index is 12.2. The summed E-state index contributed by atoms with van der Waals surface area (Å²) in [6, 6.07) is 16.9. The van der Waals surface area contributed by atoms with Gasteiger partial charge in [0.25, 0.3) is 0 Å². The second-order valence-electron chi connectivity index (χ2n) is 5.56. The van der Waals surface area contributed by atoms with Gasteiger partial charge in [-0.15, -0.1) is 11.8 Å². The Morgan fingerprint density at radius 1 is 1.19 bits per heavy atom. The van der Waals surface area contributed by atoms with Crippen LogP contribution in [0.25, 0.3) is 11.3 Å². The van der Waals surface area contributed by atoms with Crippen LogP contribution in [0, 0.1) is 0 Å². The fraction of sp³-hybridized carbons (Fsp3) is 0.158. The molecule has 0 aliphatic heterocycles. The smallest absolute Gasteiger partial charge is 0.235 e. The van der Waals surface area contributed by atoms with Crippen LogP contribution in [-0.2, 0) is 11.8 Å². The molecule has 1 N–H and O–H groups in total. The number of carbonyl (C=O) groups excluding carboxylic acids is 1. The monoisotopic (exact) mass is 387 g/mol. The number of aryl methyl sites for hydroxylation is 1. The first-order valence-electron chi connectivity index (χ1n) is 7.92. The van der Waals surface area contributed by atoms with E-state index in [2.05, 4.69) is 10.4 Å². The summed E-state index contributed by atoms with van der Waals surface area (Å²) < 4.78 is 6.78. The van der Waals surface area contributed by atoms with E-state index in [-0.39, 0.29) is 5.91 Å². The highest BCUT2D eigenvalue weighted by Crippen LogP contribution is 2.24. The van der Waals surface area contributed by atoms with Gasteiger partial charge in [0.15, 0.2) is 0 Å². The molecule has 0 radical (unpaired) electrons. The zero-order valence-corrected chi connectivity index (χ0v) is 16.0. The van der Waals surface area contributed by atoms with Gasteiger partial charge in [-0.25, -0.2) is 0 Å². The van der Waals surface area contributed by atoms with Gasteiger partial charge in [-0.1, -0.05) is 23.7 Å². The normalized spacial score (nSPS) is 10.6. The van der Waals surface area contributed by atoms with E-state index in [1.165, 1.54) is 11.8 Å². The van der Waals surface area contributed by atoms with Gasteiger partial charge in [-0.05, 0) is 36.4 Å². The van der Waals surface area contributed by atoms with Crippen molar-refractivity contribution in [3.8, 4) is 17.0 Å². The number of thioether (sulfide) groups is 1. The lowest BCUT2D eigenvalue weighted by molar-refractivity contribution is -0.113. The lowest BCUT2D eigenvalue weighted by Crippen LogP contribution is -2.16. The van der Waals surface area contributed by atoms with Crippen LogP contribution >= 0.6 is 23.4 Å². The van der Waals surface area contributed by atoms with Gasteiger partial charge in [0.1, 0.15) is 11.6 Å². The summed E-state index contributed by atoms with van der Waals surface area (Å²) >= 11 is 7.38. The van der Waals surface area contributed by atoms with Crippen LogP contribution in [0.4, 0.5) is 5.82 Å². The van der Waals surface area contributed by atoms with Crippen LogP contribution in [0.1, 0.15) is 0 Å². The Hall–Kier alpha value is -2.44. The highest BCUT2D eigenvalue weighted by Gasteiger charge is 2.11. The number of benzene rings is 2. The first kappa shape index (κ1) is 18.4. The van der Waals surface area contributed by atoms with Gasteiger partial charge in [0.05, 0.1) is 18.6 Å². The zero-order valence-electron chi connectivity index (χ0n) is 14.4. The van der Waals surface area contributed by atoms with Crippen molar-refractivity contribution >= 4 is 35.1 Å². The molecule has 0 atom stereocenters. The van der Waals surface area contributed by atoms with Gasteiger partial charge in [0, 0.05) is 28.6 Å². The Morgan fingerprint density at radius 3 is 2.54 bits per heavy atom. The van der Waals surface area contributed by atoms with Crippen LogP contribution in [0.15, 0.2) is 59.5 Å². The molecule has 0 aliphatic rings. The number of ether oxygens (including phenoxy) is 1. The van der Waals surface area contributed by atoms with E-state index in [9.17, 15) is 4.79 Å². The third-order valence-corrected chi connectivity index (χ3v) is 4.98. The number of hydrogen-bond donors (Lipinski definition) is 1. The largest absolute Gasteiger partial charge is 0.497 e. The first-order valence-corrected chi connectivity index (χ1v) is 9.28. The SMILES string of the molecule is COc1ccc(SCC(=O)Nc2cc(-c3ccc(Cl)cc3)nn2C)cc1. The average molecular weight is 388 g/mol. The molecule has 1 aromatic heterocycles. The molecule has 0 unspecified atom stereocenters. The topological polar surface area (TPSA) is 56.1 Å². The molecule has 26 heavy (non-hydrogen) atoms. The molecular formula is C19H18ClN3O2S. The Bertz CT molecular complexity index is 892. The molecule has 0 aliphatic carbocycles. The van der Waals surface area contributed by atoms with Crippen LogP contribution in [0.5, 0.6) is 5.75 Å². The van der Waals surface area contributed by atoms with Crippen molar-refractivity contribution in [1.82, 2.24) is 9.78 Å². The van der Waals surface area contributed by atoms with E-state index in [4.69, 9.17) is 16.3 Å². The van der Waals surface area contributed by atoms with Crippen molar-refractivity contribution in [1.29, 1.82) is 0 Å². The molecule has 0 saturated heterocycles. The van der Waals surface area contributed by atoms with Crippen LogP contribution in [0.3, 0.4) is 0 Å². The number of aromatic nitrogens is 2. The van der Waals surface area contributed by atoms with E-state index in [0.29, 0.717) is 16.6 Å². The minimum atomic E-state index is -0.0866. The predicted octanol–water partition coefficient (Wildman–Crippen LogP) is 4.48. The number of nitrogens with one attached hydrogen (secondary N) is 1. The first-order chi connectivity index (χ1) is 12.5. The number of hydrogen-bond acceptors (Lipinski definition) is 4.